The van der Waals surface area contributed by atoms with E-state index in [0.717, 1.165) is 64.2 Å². The van der Waals surface area contributed by atoms with Crippen molar-refractivity contribution in [1.29, 1.82) is 0 Å². The van der Waals surface area contributed by atoms with E-state index >= 15 is 0 Å². The Labute approximate surface area is 188 Å². The second-order valence-corrected chi connectivity index (χ2v) is 13.3. The molecule has 0 aliphatic heterocycles. The lowest BCUT2D eigenvalue weighted by Crippen LogP contribution is -2.61. The Morgan fingerprint density at radius 3 is 2.39 bits per heavy atom. The van der Waals surface area contributed by atoms with Gasteiger partial charge < -0.3 is 4.74 Å². The van der Waals surface area contributed by atoms with Gasteiger partial charge in [0, 0.05) is 12.3 Å². The molecule has 31 heavy (non-hydrogen) atoms. The smallest absolute Gasteiger partial charge is 0.312 e. The molecule has 7 atom stereocenters. The lowest BCUT2D eigenvalue weighted by Gasteiger charge is -2.68. The maximum Gasteiger partial charge on any atom is 0.312 e. The molecular formula is C28H42O3. The van der Waals surface area contributed by atoms with Gasteiger partial charge in [-0.15, -0.1) is 0 Å². The zero-order valence-electron chi connectivity index (χ0n) is 20.6. The number of hydrogen-bond acceptors (Lipinski definition) is 3. The van der Waals surface area contributed by atoms with Crippen molar-refractivity contribution in [2.45, 2.75) is 98.8 Å². The molecule has 5 rings (SSSR count). The van der Waals surface area contributed by atoms with Crippen molar-refractivity contribution in [2.24, 2.45) is 44.8 Å². The largest absolute Gasteiger partial charge is 0.469 e. The second kappa shape index (κ2) is 6.48. The van der Waals surface area contributed by atoms with Gasteiger partial charge in [-0.3, -0.25) is 9.59 Å². The average Bonchev–Trinajstić information content (AvgIpc) is 3.02. The van der Waals surface area contributed by atoms with Gasteiger partial charge in [0.15, 0.2) is 0 Å². The first-order valence-corrected chi connectivity index (χ1v) is 12.8. The molecule has 0 bridgehead atoms. The molecule has 4 saturated carbocycles. The normalized spacial score (nSPS) is 50.5. The average molecular weight is 427 g/mol. The van der Waals surface area contributed by atoms with Gasteiger partial charge in [-0.05, 0) is 91.3 Å². The Morgan fingerprint density at radius 2 is 1.68 bits per heavy atom. The van der Waals surface area contributed by atoms with Crippen molar-refractivity contribution in [3.05, 3.63) is 11.6 Å². The third-order valence-corrected chi connectivity index (χ3v) is 11.8. The molecule has 0 saturated heterocycles. The van der Waals surface area contributed by atoms with Crippen LogP contribution >= 0.6 is 0 Å². The number of hydrogen-bond donors (Lipinski definition) is 0. The standard InChI is InChI=1S/C28H42O3/c1-24(2)13-15-28(23(30)31-6)16-14-26(4)18(20(28)17-24)7-8-22-25(3)11-10-21(29)19(25)9-12-27(22,26)5/h7,19-20,22H,8-17H2,1-6H3/t19?,20-,22+,25-,26+,27+,28-/m0/s1. The van der Waals surface area contributed by atoms with Gasteiger partial charge in [0.25, 0.3) is 0 Å². The first kappa shape index (κ1) is 21.7. The molecule has 3 heteroatoms. The zero-order chi connectivity index (χ0) is 22.4. The third-order valence-electron chi connectivity index (χ3n) is 11.8. The van der Waals surface area contributed by atoms with Crippen molar-refractivity contribution in [1.82, 2.24) is 0 Å². The lowest BCUT2D eigenvalue weighted by atomic mass is 9.36. The molecule has 0 aromatic heterocycles. The Hall–Kier alpha value is -1.12. The van der Waals surface area contributed by atoms with Gasteiger partial charge in [-0.1, -0.05) is 46.3 Å². The summed E-state index contributed by atoms with van der Waals surface area (Å²) < 4.78 is 5.44. The predicted molar refractivity (Wildman–Crippen MR) is 122 cm³/mol. The molecule has 0 amide bonds. The van der Waals surface area contributed by atoms with Crippen LogP contribution in [0.3, 0.4) is 0 Å². The fraction of sp³-hybridized carbons (Fsp3) is 0.857. The highest BCUT2D eigenvalue weighted by molar-refractivity contribution is 5.84. The van der Waals surface area contributed by atoms with E-state index in [0.29, 0.717) is 17.6 Å². The SMILES string of the molecule is COC(=O)[C@]12CCC(C)(C)C[C@H]1C1=CC[C@@H]3[C@@]4(C)CCC(=O)C4CC[C@@]3(C)[C@]1(C)CC2. The zero-order valence-corrected chi connectivity index (χ0v) is 20.6. The number of methoxy groups -OCH3 is 1. The van der Waals surface area contributed by atoms with Crippen molar-refractivity contribution in [3.63, 3.8) is 0 Å². The van der Waals surface area contributed by atoms with Crippen molar-refractivity contribution < 1.29 is 14.3 Å². The Balaban J connectivity index is 1.61. The molecule has 4 fully saturated rings. The van der Waals surface area contributed by atoms with Gasteiger partial charge in [-0.25, -0.2) is 0 Å². The number of ether oxygens (including phenoxy) is 1. The highest BCUT2D eigenvalue weighted by Crippen LogP contribution is 2.74. The lowest BCUT2D eigenvalue weighted by molar-refractivity contribution is -0.174. The molecule has 0 aromatic rings. The number of carbonyl (C=O) groups is 2. The first-order valence-electron chi connectivity index (χ1n) is 12.8. The van der Waals surface area contributed by atoms with Crippen LogP contribution in [0.25, 0.3) is 0 Å². The van der Waals surface area contributed by atoms with Crippen LogP contribution in [-0.2, 0) is 14.3 Å². The number of esters is 1. The summed E-state index contributed by atoms with van der Waals surface area (Å²) >= 11 is 0. The van der Waals surface area contributed by atoms with Crippen LogP contribution in [0.4, 0.5) is 0 Å². The van der Waals surface area contributed by atoms with Gasteiger partial charge in [-0.2, -0.15) is 0 Å². The second-order valence-electron chi connectivity index (χ2n) is 13.3. The van der Waals surface area contributed by atoms with Gasteiger partial charge in [0.05, 0.1) is 12.5 Å². The van der Waals surface area contributed by atoms with Crippen LogP contribution in [0.5, 0.6) is 0 Å². The van der Waals surface area contributed by atoms with E-state index in [-0.39, 0.29) is 39.0 Å². The minimum atomic E-state index is -0.330. The van der Waals surface area contributed by atoms with Crippen LogP contribution in [0.15, 0.2) is 11.6 Å². The molecular weight excluding hydrogens is 384 g/mol. The Morgan fingerprint density at radius 1 is 0.968 bits per heavy atom. The number of carbonyl (C=O) groups excluding carboxylic acids is 2. The molecule has 0 spiro atoms. The van der Waals surface area contributed by atoms with E-state index in [1.807, 2.05) is 0 Å². The summed E-state index contributed by atoms with van der Waals surface area (Å²) in [5.74, 6) is 1.69. The summed E-state index contributed by atoms with van der Waals surface area (Å²) in [7, 11) is 1.58. The molecule has 3 nitrogen and oxygen atoms in total. The maximum atomic E-state index is 13.2. The molecule has 0 heterocycles. The number of ketones is 1. The van der Waals surface area contributed by atoms with E-state index in [9.17, 15) is 9.59 Å². The van der Waals surface area contributed by atoms with Crippen LogP contribution in [0.1, 0.15) is 98.8 Å². The summed E-state index contributed by atoms with van der Waals surface area (Å²) in [4.78, 5) is 25.9. The molecule has 0 radical (unpaired) electrons. The summed E-state index contributed by atoms with van der Waals surface area (Å²) in [6.45, 7) is 12.3. The van der Waals surface area contributed by atoms with Gasteiger partial charge >= 0.3 is 5.97 Å². The number of rotatable bonds is 1. The number of allylic oxidation sites excluding steroid dienone is 2. The minimum Gasteiger partial charge on any atom is -0.469 e. The van der Waals surface area contributed by atoms with Crippen LogP contribution in [0, 0.1) is 44.8 Å². The highest BCUT2D eigenvalue weighted by Gasteiger charge is 2.68. The molecule has 5 aliphatic carbocycles. The van der Waals surface area contributed by atoms with Gasteiger partial charge in [0.2, 0.25) is 0 Å². The molecule has 0 aromatic carbocycles. The summed E-state index contributed by atoms with van der Waals surface area (Å²) in [5.41, 5.74) is 1.98. The summed E-state index contributed by atoms with van der Waals surface area (Å²) in [5, 5.41) is 0. The quantitative estimate of drug-likeness (QED) is 0.355. The highest BCUT2D eigenvalue weighted by atomic mass is 16.5. The summed E-state index contributed by atoms with van der Waals surface area (Å²) in [6, 6.07) is 0. The van der Waals surface area contributed by atoms with E-state index in [4.69, 9.17) is 4.74 Å². The minimum absolute atomic E-state index is 0.0280. The number of Topliss-reactive ketones (excluding diaryl/α,β-unsaturated/α-hetero) is 1. The van der Waals surface area contributed by atoms with E-state index in [1.54, 1.807) is 12.7 Å². The Kier molecular flexibility index (Phi) is 4.53. The van der Waals surface area contributed by atoms with Crippen LogP contribution < -0.4 is 0 Å². The van der Waals surface area contributed by atoms with Crippen LogP contribution in [0.2, 0.25) is 0 Å². The van der Waals surface area contributed by atoms with Crippen molar-refractivity contribution >= 4 is 11.8 Å². The molecule has 1 unspecified atom stereocenters. The molecule has 172 valence electrons. The summed E-state index contributed by atoms with van der Waals surface area (Å²) in [6.07, 6.45) is 12.9. The van der Waals surface area contributed by atoms with Crippen molar-refractivity contribution in [2.75, 3.05) is 7.11 Å². The molecule has 0 N–H and O–H groups in total. The molecule has 5 aliphatic rings. The number of fused-ring (bicyclic) bond motifs is 7. The van der Waals surface area contributed by atoms with E-state index < -0.39 is 0 Å². The maximum absolute atomic E-state index is 13.2. The van der Waals surface area contributed by atoms with E-state index in [2.05, 4.69) is 40.7 Å². The topological polar surface area (TPSA) is 43.4 Å². The fourth-order valence-electron chi connectivity index (χ4n) is 9.62. The predicted octanol–water partition coefficient (Wildman–Crippen LogP) is 6.50. The van der Waals surface area contributed by atoms with Crippen LogP contribution in [-0.4, -0.2) is 18.9 Å². The van der Waals surface area contributed by atoms with E-state index in [1.165, 1.54) is 0 Å². The first-order chi connectivity index (χ1) is 14.4. The van der Waals surface area contributed by atoms with Crippen molar-refractivity contribution in [3.8, 4) is 0 Å². The monoisotopic (exact) mass is 426 g/mol. The third kappa shape index (κ3) is 2.58. The van der Waals surface area contributed by atoms with Gasteiger partial charge in [0.1, 0.15) is 5.78 Å². The Bertz CT molecular complexity index is 854. The fourth-order valence-corrected chi connectivity index (χ4v) is 9.62.